The third-order valence-electron chi connectivity index (χ3n) is 3.30. The first kappa shape index (κ1) is 18.8. The fraction of sp³-hybridized carbons (Fsp3) is 0.529. The summed E-state index contributed by atoms with van der Waals surface area (Å²) in [7, 11) is 0. The van der Waals surface area contributed by atoms with Gasteiger partial charge in [0, 0.05) is 13.1 Å². The monoisotopic (exact) mass is 320 g/mol. The van der Waals surface area contributed by atoms with Gasteiger partial charge in [0.1, 0.15) is 0 Å². The van der Waals surface area contributed by atoms with E-state index in [1.165, 1.54) is 0 Å². The molecule has 0 radical (unpaired) electrons. The molecular weight excluding hydrogens is 292 g/mol. The van der Waals surface area contributed by atoms with Crippen molar-refractivity contribution in [3.05, 3.63) is 23.8 Å². The van der Waals surface area contributed by atoms with Gasteiger partial charge in [-0.3, -0.25) is 0 Å². The van der Waals surface area contributed by atoms with E-state index in [4.69, 9.17) is 0 Å². The number of unbranched alkanes of at least 4 members (excludes halogenated alkanes) is 2. The van der Waals surface area contributed by atoms with Crippen LogP contribution >= 0.6 is 0 Å². The fourth-order valence-corrected chi connectivity index (χ4v) is 1.96. The van der Waals surface area contributed by atoms with Crippen LogP contribution in [0.15, 0.2) is 18.2 Å². The first-order valence-electron chi connectivity index (χ1n) is 8.27. The van der Waals surface area contributed by atoms with Gasteiger partial charge in [0.05, 0.1) is 11.4 Å². The Morgan fingerprint density at radius 2 is 1.39 bits per heavy atom. The Morgan fingerprint density at radius 3 is 1.91 bits per heavy atom. The van der Waals surface area contributed by atoms with Crippen LogP contribution in [0.4, 0.5) is 21.0 Å². The molecule has 0 heterocycles. The molecular formula is C17H28N4O2. The predicted octanol–water partition coefficient (Wildman–Crippen LogP) is 3.84. The summed E-state index contributed by atoms with van der Waals surface area (Å²) < 4.78 is 0. The number of aryl methyl sites for hydroxylation is 1. The molecule has 6 nitrogen and oxygen atoms in total. The molecule has 0 aliphatic carbocycles. The summed E-state index contributed by atoms with van der Waals surface area (Å²) in [6.45, 7) is 7.34. The van der Waals surface area contributed by atoms with E-state index < -0.39 is 0 Å². The normalized spacial score (nSPS) is 10.0. The van der Waals surface area contributed by atoms with E-state index >= 15 is 0 Å². The first-order valence-corrected chi connectivity index (χ1v) is 8.27. The van der Waals surface area contributed by atoms with E-state index in [1.807, 2.05) is 19.1 Å². The van der Waals surface area contributed by atoms with Gasteiger partial charge < -0.3 is 21.3 Å². The van der Waals surface area contributed by atoms with Gasteiger partial charge in [-0.15, -0.1) is 0 Å². The maximum Gasteiger partial charge on any atom is 0.319 e. The van der Waals surface area contributed by atoms with Crippen molar-refractivity contribution in [1.82, 2.24) is 10.6 Å². The van der Waals surface area contributed by atoms with Crippen LogP contribution < -0.4 is 21.3 Å². The molecule has 0 saturated carbocycles. The minimum Gasteiger partial charge on any atom is -0.338 e. The lowest BCUT2D eigenvalue weighted by atomic mass is 10.2. The molecule has 0 aromatic heterocycles. The average molecular weight is 320 g/mol. The summed E-state index contributed by atoms with van der Waals surface area (Å²) in [6, 6.07) is 4.98. The number of urea groups is 2. The van der Waals surface area contributed by atoms with Crippen molar-refractivity contribution in [2.75, 3.05) is 23.7 Å². The lowest BCUT2D eigenvalue weighted by molar-refractivity contribution is 0.250. The average Bonchev–Trinajstić information content (AvgIpc) is 2.50. The smallest absolute Gasteiger partial charge is 0.319 e. The number of carbonyl (C=O) groups excluding carboxylic acids is 2. The molecule has 4 amide bonds. The summed E-state index contributed by atoms with van der Waals surface area (Å²) in [6.07, 6.45) is 3.92. The lowest BCUT2D eigenvalue weighted by Gasteiger charge is -2.14. The number of amides is 4. The Bertz CT molecular complexity index is 517. The largest absolute Gasteiger partial charge is 0.338 e. The van der Waals surface area contributed by atoms with Gasteiger partial charge in [-0.25, -0.2) is 9.59 Å². The highest BCUT2D eigenvalue weighted by atomic mass is 16.2. The number of hydrogen-bond donors (Lipinski definition) is 4. The third-order valence-corrected chi connectivity index (χ3v) is 3.30. The van der Waals surface area contributed by atoms with Crippen molar-refractivity contribution < 1.29 is 9.59 Å². The van der Waals surface area contributed by atoms with Gasteiger partial charge in [-0.2, -0.15) is 0 Å². The van der Waals surface area contributed by atoms with Crippen molar-refractivity contribution in [2.45, 2.75) is 46.5 Å². The highest BCUT2D eigenvalue weighted by Gasteiger charge is 2.09. The molecule has 0 unspecified atom stereocenters. The van der Waals surface area contributed by atoms with E-state index in [9.17, 15) is 9.59 Å². The maximum absolute atomic E-state index is 11.9. The number of nitrogens with one attached hydrogen (secondary N) is 4. The second-order valence-electron chi connectivity index (χ2n) is 5.52. The molecule has 1 rings (SSSR count). The number of benzene rings is 1. The molecule has 23 heavy (non-hydrogen) atoms. The van der Waals surface area contributed by atoms with Crippen molar-refractivity contribution in [1.29, 1.82) is 0 Å². The van der Waals surface area contributed by atoms with Gasteiger partial charge in [0.2, 0.25) is 0 Å². The Morgan fingerprint density at radius 1 is 0.870 bits per heavy atom. The van der Waals surface area contributed by atoms with Gasteiger partial charge in [0.25, 0.3) is 0 Å². The summed E-state index contributed by atoms with van der Waals surface area (Å²) in [5.74, 6) is 0. The van der Waals surface area contributed by atoms with Crippen LogP contribution in [0, 0.1) is 6.92 Å². The van der Waals surface area contributed by atoms with Gasteiger partial charge >= 0.3 is 12.1 Å². The topological polar surface area (TPSA) is 82.3 Å². The second kappa shape index (κ2) is 10.5. The van der Waals surface area contributed by atoms with Crippen molar-refractivity contribution in [2.24, 2.45) is 0 Å². The summed E-state index contributed by atoms with van der Waals surface area (Å²) in [4.78, 5) is 23.8. The van der Waals surface area contributed by atoms with Gasteiger partial charge in [0.15, 0.2) is 0 Å². The number of anilines is 2. The quantitative estimate of drug-likeness (QED) is 0.549. The number of rotatable bonds is 8. The van der Waals surface area contributed by atoms with Crippen molar-refractivity contribution in [3.63, 3.8) is 0 Å². The Labute approximate surface area is 138 Å². The molecule has 0 spiro atoms. The number of hydrogen-bond acceptors (Lipinski definition) is 2. The van der Waals surface area contributed by atoms with E-state index in [2.05, 4.69) is 35.1 Å². The van der Waals surface area contributed by atoms with Crippen molar-refractivity contribution >= 4 is 23.4 Å². The Hall–Kier alpha value is -2.24. The molecule has 4 N–H and O–H groups in total. The highest BCUT2D eigenvalue weighted by Crippen LogP contribution is 2.23. The van der Waals surface area contributed by atoms with Crippen LogP contribution in [0.5, 0.6) is 0 Å². The van der Waals surface area contributed by atoms with Gasteiger partial charge in [-0.05, 0) is 37.5 Å². The first-order chi connectivity index (χ1) is 11.1. The molecule has 1 aromatic carbocycles. The maximum atomic E-state index is 11.9. The van der Waals surface area contributed by atoms with Crippen LogP contribution in [-0.4, -0.2) is 25.2 Å². The zero-order chi connectivity index (χ0) is 17.1. The molecule has 6 heteroatoms. The minimum absolute atomic E-state index is 0.265. The molecule has 0 atom stereocenters. The van der Waals surface area contributed by atoms with Crippen LogP contribution in [0.2, 0.25) is 0 Å². The third kappa shape index (κ3) is 7.54. The van der Waals surface area contributed by atoms with Crippen LogP contribution in [0.1, 0.15) is 45.1 Å². The molecule has 0 fully saturated rings. The highest BCUT2D eigenvalue weighted by molar-refractivity contribution is 5.98. The molecule has 0 saturated heterocycles. The number of carbonyl (C=O) groups is 2. The summed E-state index contributed by atoms with van der Waals surface area (Å²) >= 11 is 0. The van der Waals surface area contributed by atoms with Crippen LogP contribution in [-0.2, 0) is 0 Å². The molecule has 0 aliphatic heterocycles. The summed E-state index contributed by atoms with van der Waals surface area (Å²) in [5, 5.41) is 11.2. The lowest BCUT2D eigenvalue weighted by Crippen LogP contribution is -2.32. The SMILES string of the molecule is CCCCNC(=O)Nc1ccc(C)cc1NC(=O)NCCCC. The van der Waals surface area contributed by atoms with E-state index in [-0.39, 0.29) is 12.1 Å². The molecule has 0 aliphatic rings. The standard InChI is InChI=1S/C17H28N4O2/c1-4-6-10-18-16(22)20-14-9-8-13(3)12-15(14)21-17(23)19-11-7-5-2/h8-9,12H,4-7,10-11H2,1-3H3,(H2,18,20,22)(H2,19,21,23). The fourth-order valence-electron chi connectivity index (χ4n) is 1.96. The molecule has 128 valence electrons. The summed E-state index contributed by atoms with van der Waals surface area (Å²) in [5.41, 5.74) is 2.17. The molecule has 0 bridgehead atoms. The zero-order valence-electron chi connectivity index (χ0n) is 14.3. The van der Waals surface area contributed by atoms with Gasteiger partial charge in [-0.1, -0.05) is 32.8 Å². The van der Waals surface area contributed by atoms with E-state index in [0.29, 0.717) is 24.5 Å². The predicted molar refractivity (Wildman–Crippen MR) is 95.0 cm³/mol. The Kier molecular flexibility index (Phi) is 8.57. The van der Waals surface area contributed by atoms with E-state index in [0.717, 1.165) is 31.2 Å². The zero-order valence-corrected chi connectivity index (χ0v) is 14.3. The van der Waals surface area contributed by atoms with E-state index in [1.54, 1.807) is 6.07 Å². The van der Waals surface area contributed by atoms with Crippen molar-refractivity contribution in [3.8, 4) is 0 Å². The molecule has 1 aromatic rings. The minimum atomic E-state index is -0.267. The second-order valence-corrected chi connectivity index (χ2v) is 5.52. The Balaban J connectivity index is 2.65. The van der Waals surface area contributed by atoms with Crippen LogP contribution in [0.3, 0.4) is 0 Å². The van der Waals surface area contributed by atoms with Crippen LogP contribution in [0.25, 0.3) is 0 Å².